The Kier molecular flexibility index (Phi) is 6.13. The van der Waals surface area contributed by atoms with Gasteiger partial charge in [0.1, 0.15) is 5.75 Å². The highest BCUT2D eigenvalue weighted by atomic mass is 16.5. The maximum absolute atomic E-state index is 12.4. The van der Waals surface area contributed by atoms with Crippen LogP contribution in [-0.2, 0) is 4.79 Å². The SMILES string of the molecule is Cc1ccccc1OCCCC(=O)N1CCN(C2CCCC2)CC1. The fourth-order valence-electron chi connectivity index (χ4n) is 3.89. The van der Waals surface area contributed by atoms with Crippen molar-refractivity contribution in [2.75, 3.05) is 32.8 Å². The molecule has 1 saturated heterocycles. The number of rotatable bonds is 6. The van der Waals surface area contributed by atoms with Crippen molar-refractivity contribution in [3.63, 3.8) is 0 Å². The molecule has 1 amide bonds. The Morgan fingerprint density at radius 1 is 1.12 bits per heavy atom. The van der Waals surface area contributed by atoms with E-state index in [1.807, 2.05) is 36.1 Å². The van der Waals surface area contributed by atoms with Gasteiger partial charge in [0.05, 0.1) is 6.61 Å². The van der Waals surface area contributed by atoms with Crippen molar-refractivity contribution in [1.29, 1.82) is 0 Å². The van der Waals surface area contributed by atoms with Gasteiger partial charge in [-0.15, -0.1) is 0 Å². The van der Waals surface area contributed by atoms with E-state index in [-0.39, 0.29) is 5.91 Å². The van der Waals surface area contributed by atoms with Crippen molar-refractivity contribution in [2.24, 2.45) is 0 Å². The number of ether oxygens (including phenoxy) is 1. The lowest BCUT2D eigenvalue weighted by atomic mass is 10.1. The maximum Gasteiger partial charge on any atom is 0.222 e. The number of hydrogen-bond acceptors (Lipinski definition) is 3. The summed E-state index contributed by atoms with van der Waals surface area (Å²) in [4.78, 5) is 17.0. The topological polar surface area (TPSA) is 32.8 Å². The lowest BCUT2D eigenvalue weighted by molar-refractivity contribution is -0.133. The van der Waals surface area contributed by atoms with Gasteiger partial charge in [-0.3, -0.25) is 9.69 Å². The largest absolute Gasteiger partial charge is 0.493 e. The highest BCUT2D eigenvalue weighted by molar-refractivity contribution is 5.76. The van der Waals surface area contributed by atoms with Gasteiger partial charge in [-0.1, -0.05) is 31.0 Å². The standard InChI is InChI=1S/C20H30N2O2/c1-17-7-2-5-10-19(17)24-16-6-11-20(23)22-14-12-21(13-15-22)18-8-3-4-9-18/h2,5,7,10,18H,3-4,6,8-9,11-16H2,1H3. The van der Waals surface area contributed by atoms with E-state index in [0.29, 0.717) is 13.0 Å². The molecule has 1 heterocycles. The van der Waals surface area contributed by atoms with Crippen molar-refractivity contribution in [1.82, 2.24) is 9.80 Å². The van der Waals surface area contributed by atoms with Gasteiger partial charge >= 0.3 is 0 Å². The summed E-state index contributed by atoms with van der Waals surface area (Å²) in [6.07, 6.45) is 6.84. The molecule has 0 bridgehead atoms. The molecule has 0 aromatic heterocycles. The van der Waals surface area contributed by atoms with Gasteiger partial charge in [0.2, 0.25) is 5.91 Å². The van der Waals surface area contributed by atoms with Crippen LogP contribution in [0.3, 0.4) is 0 Å². The number of nitrogens with zero attached hydrogens (tertiary/aromatic N) is 2. The summed E-state index contributed by atoms with van der Waals surface area (Å²) >= 11 is 0. The first kappa shape index (κ1) is 17.3. The van der Waals surface area contributed by atoms with Crippen LogP contribution in [0.4, 0.5) is 0 Å². The molecule has 2 fully saturated rings. The second kappa shape index (κ2) is 8.52. The molecule has 1 aromatic rings. The fraction of sp³-hybridized carbons (Fsp3) is 0.650. The Hall–Kier alpha value is -1.55. The van der Waals surface area contributed by atoms with Crippen molar-refractivity contribution in [2.45, 2.75) is 51.5 Å². The van der Waals surface area contributed by atoms with Crippen LogP contribution in [0.1, 0.15) is 44.1 Å². The molecule has 1 aliphatic heterocycles. The first-order chi connectivity index (χ1) is 11.7. The normalized spacial score (nSPS) is 19.6. The molecule has 0 unspecified atom stereocenters. The molecule has 0 N–H and O–H groups in total. The zero-order chi connectivity index (χ0) is 16.8. The third kappa shape index (κ3) is 4.50. The minimum atomic E-state index is 0.287. The monoisotopic (exact) mass is 330 g/mol. The molecule has 4 heteroatoms. The van der Waals surface area contributed by atoms with Gasteiger partial charge in [0, 0.05) is 38.6 Å². The Bertz CT molecular complexity index is 532. The van der Waals surface area contributed by atoms with Crippen molar-refractivity contribution < 1.29 is 9.53 Å². The number of hydrogen-bond donors (Lipinski definition) is 0. The van der Waals surface area contributed by atoms with Gasteiger partial charge in [-0.05, 0) is 37.8 Å². The molecule has 1 aliphatic carbocycles. The second-order valence-corrected chi connectivity index (χ2v) is 7.07. The van der Waals surface area contributed by atoms with E-state index < -0.39 is 0 Å². The lowest BCUT2D eigenvalue weighted by Gasteiger charge is -2.38. The quantitative estimate of drug-likeness (QED) is 0.751. The average molecular weight is 330 g/mol. The van der Waals surface area contributed by atoms with Gasteiger partial charge in [-0.2, -0.15) is 0 Å². The molecule has 0 atom stereocenters. The summed E-state index contributed by atoms with van der Waals surface area (Å²) in [5.41, 5.74) is 1.15. The number of carbonyl (C=O) groups is 1. The van der Waals surface area contributed by atoms with E-state index in [1.54, 1.807) is 0 Å². The van der Waals surface area contributed by atoms with E-state index in [1.165, 1.54) is 25.7 Å². The molecule has 0 radical (unpaired) electrons. The number of carbonyl (C=O) groups excluding carboxylic acids is 1. The van der Waals surface area contributed by atoms with Gasteiger partial charge in [0.25, 0.3) is 0 Å². The summed E-state index contributed by atoms with van der Waals surface area (Å²) in [5, 5.41) is 0. The predicted octanol–water partition coefficient (Wildman–Crippen LogP) is 3.24. The highest BCUT2D eigenvalue weighted by Gasteiger charge is 2.27. The number of benzene rings is 1. The molecule has 4 nitrogen and oxygen atoms in total. The third-order valence-corrected chi connectivity index (χ3v) is 5.39. The zero-order valence-corrected chi connectivity index (χ0v) is 14.9. The molecule has 2 aliphatic rings. The average Bonchev–Trinajstić information content (AvgIpc) is 3.15. The molecular formula is C20H30N2O2. The van der Waals surface area contributed by atoms with Crippen LogP contribution in [0, 0.1) is 6.92 Å². The summed E-state index contributed by atoms with van der Waals surface area (Å²) in [5.74, 6) is 1.21. The van der Waals surface area contributed by atoms with E-state index in [0.717, 1.165) is 50.0 Å². The Labute approximate surface area is 145 Å². The first-order valence-corrected chi connectivity index (χ1v) is 9.44. The van der Waals surface area contributed by atoms with E-state index in [9.17, 15) is 4.79 Å². The molecule has 132 valence electrons. The molecule has 24 heavy (non-hydrogen) atoms. The number of amides is 1. The number of para-hydroxylation sites is 1. The number of piperazine rings is 1. The third-order valence-electron chi connectivity index (χ3n) is 5.39. The molecule has 1 aromatic carbocycles. The van der Waals surface area contributed by atoms with E-state index in [4.69, 9.17) is 4.74 Å². The van der Waals surface area contributed by atoms with E-state index >= 15 is 0 Å². The number of aryl methyl sites for hydroxylation is 1. The Morgan fingerprint density at radius 2 is 1.83 bits per heavy atom. The lowest BCUT2D eigenvalue weighted by Crippen LogP contribution is -2.51. The van der Waals surface area contributed by atoms with Gasteiger partial charge in [-0.25, -0.2) is 0 Å². The maximum atomic E-state index is 12.4. The van der Waals surface area contributed by atoms with Crippen LogP contribution in [0.25, 0.3) is 0 Å². The Morgan fingerprint density at radius 3 is 2.54 bits per heavy atom. The minimum absolute atomic E-state index is 0.287. The van der Waals surface area contributed by atoms with Crippen LogP contribution < -0.4 is 4.74 Å². The molecule has 3 rings (SSSR count). The predicted molar refractivity (Wildman–Crippen MR) is 96.3 cm³/mol. The summed E-state index contributed by atoms with van der Waals surface area (Å²) in [6, 6.07) is 8.81. The zero-order valence-electron chi connectivity index (χ0n) is 14.9. The van der Waals surface area contributed by atoms with Crippen molar-refractivity contribution in [3.05, 3.63) is 29.8 Å². The van der Waals surface area contributed by atoms with Crippen LogP contribution in [0.2, 0.25) is 0 Å². The summed E-state index contributed by atoms with van der Waals surface area (Å²) in [6.45, 7) is 6.55. The minimum Gasteiger partial charge on any atom is -0.493 e. The highest BCUT2D eigenvalue weighted by Crippen LogP contribution is 2.24. The first-order valence-electron chi connectivity index (χ1n) is 9.44. The van der Waals surface area contributed by atoms with Crippen LogP contribution in [-0.4, -0.2) is 54.5 Å². The molecular weight excluding hydrogens is 300 g/mol. The van der Waals surface area contributed by atoms with Gasteiger partial charge in [0.15, 0.2) is 0 Å². The second-order valence-electron chi connectivity index (χ2n) is 7.07. The fourth-order valence-corrected chi connectivity index (χ4v) is 3.89. The van der Waals surface area contributed by atoms with E-state index in [2.05, 4.69) is 4.90 Å². The van der Waals surface area contributed by atoms with Crippen LogP contribution in [0.5, 0.6) is 5.75 Å². The van der Waals surface area contributed by atoms with Crippen LogP contribution >= 0.6 is 0 Å². The molecule has 0 spiro atoms. The van der Waals surface area contributed by atoms with Crippen molar-refractivity contribution in [3.8, 4) is 5.75 Å². The molecule has 1 saturated carbocycles. The van der Waals surface area contributed by atoms with Crippen molar-refractivity contribution >= 4 is 5.91 Å². The summed E-state index contributed by atoms with van der Waals surface area (Å²) in [7, 11) is 0. The summed E-state index contributed by atoms with van der Waals surface area (Å²) < 4.78 is 5.78. The van der Waals surface area contributed by atoms with Gasteiger partial charge < -0.3 is 9.64 Å². The Balaban J connectivity index is 1.33. The smallest absolute Gasteiger partial charge is 0.222 e. The van der Waals surface area contributed by atoms with Crippen LogP contribution in [0.15, 0.2) is 24.3 Å².